The zero-order valence-electron chi connectivity index (χ0n) is 14.5. The minimum absolute atomic E-state index is 0.139. The van der Waals surface area contributed by atoms with Crippen LogP contribution in [0.3, 0.4) is 0 Å². The Morgan fingerprint density at radius 1 is 1.19 bits per heavy atom. The van der Waals surface area contributed by atoms with Crippen LogP contribution in [0.25, 0.3) is 22.6 Å². The lowest BCUT2D eigenvalue weighted by Gasteiger charge is -2.37. The van der Waals surface area contributed by atoms with E-state index in [2.05, 4.69) is 20.1 Å². The number of halogens is 1. The Kier molecular flexibility index (Phi) is 3.44. The molecule has 1 fully saturated rings. The first-order valence-corrected chi connectivity index (χ1v) is 9.35. The highest BCUT2D eigenvalue weighted by Gasteiger charge is 2.47. The zero-order chi connectivity index (χ0) is 17.9. The van der Waals surface area contributed by atoms with Crippen LogP contribution in [0.2, 0.25) is 5.28 Å². The van der Waals surface area contributed by atoms with Crippen molar-refractivity contribution in [2.45, 2.75) is 50.4 Å². The van der Waals surface area contributed by atoms with Crippen molar-refractivity contribution in [1.82, 2.24) is 24.7 Å². The number of hydrogen-bond acceptors (Lipinski definition) is 6. The van der Waals surface area contributed by atoms with Crippen LogP contribution in [0.15, 0.2) is 10.9 Å². The van der Waals surface area contributed by atoms with Gasteiger partial charge in [0.05, 0.1) is 11.7 Å². The highest BCUT2D eigenvalue weighted by molar-refractivity contribution is 6.28. The van der Waals surface area contributed by atoms with Gasteiger partial charge in [-0.25, -0.2) is 9.97 Å². The van der Waals surface area contributed by atoms with Gasteiger partial charge in [-0.1, -0.05) is 11.6 Å². The lowest BCUT2D eigenvalue weighted by atomic mass is 9.64. The summed E-state index contributed by atoms with van der Waals surface area (Å²) >= 11 is 6.14. The van der Waals surface area contributed by atoms with Gasteiger partial charge in [0.2, 0.25) is 5.28 Å². The molecule has 2 aliphatic carbocycles. The Labute approximate surface area is 154 Å². The molecule has 0 aromatic carbocycles. The second-order valence-electron chi connectivity index (χ2n) is 7.27. The molecule has 26 heavy (non-hydrogen) atoms. The summed E-state index contributed by atoms with van der Waals surface area (Å²) in [4.78, 5) is 25.8. The van der Waals surface area contributed by atoms with Crippen molar-refractivity contribution in [1.29, 1.82) is 0 Å². The van der Waals surface area contributed by atoms with Crippen molar-refractivity contribution in [2.24, 2.45) is 7.05 Å². The Hall–Kier alpha value is -2.28. The fraction of sp³-hybridized carbons (Fsp3) is 0.500. The molecule has 134 valence electrons. The molecule has 2 aliphatic rings. The average molecular weight is 372 g/mol. The van der Waals surface area contributed by atoms with E-state index in [-0.39, 0.29) is 5.28 Å². The molecule has 1 atom stereocenters. The molecule has 3 aromatic rings. The second-order valence-corrected chi connectivity index (χ2v) is 7.61. The van der Waals surface area contributed by atoms with Crippen LogP contribution in [0.5, 0.6) is 0 Å². The van der Waals surface area contributed by atoms with E-state index in [0.29, 0.717) is 34.8 Å². The fourth-order valence-corrected chi connectivity index (χ4v) is 4.70. The van der Waals surface area contributed by atoms with Gasteiger partial charge in [0.25, 0.3) is 0 Å². The molecule has 0 aliphatic heterocycles. The number of ketones is 1. The van der Waals surface area contributed by atoms with Gasteiger partial charge in [0.1, 0.15) is 22.7 Å². The number of carbonyl (C=O) groups is 1. The van der Waals surface area contributed by atoms with Gasteiger partial charge in [-0.3, -0.25) is 4.79 Å². The van der Waals surface area contributed by atoms with Crippen molar-refractivity contribution in [3.8, 4) is 11.5 Å². The second kappa shape index (κ2) is 5.61. The number of rotatable bonds is 1. The number of imidazole rings is 1. The molecule has 0 bridgehead atoms. The third kappa shape index (κ3) is 2.09. The normalized spacial score (nSPS) is 22.9. The first-order chi connectivity index (χ1) is 12.6. The van der Waals surface area contributed by atoms with Crippen LogP contribution in [0.1, 0.15) is 49.8 Å². The van der Waals surface area contributed by atoms with Crippen LogP contribution in [0, 0.1) is 0 Å². The summed E-state index contributed by atoms with van der Waals surface area (Å²) in [5.74, 6) is 0.874. The Morgan fingerprint density at radius 2 is 2.04 bits per heavy atom. The molecule has 0 saturated heterocycles. The van der Waals surface area contributed by atoms with Gasteiger partial charge in [-0.2, -0.15) is 4.98 Å². The van der Waals surface area contributed by atoms with Gasteiger partial charge in [0.15, 0.2) is 11.4 Å². The van der Waals surface area contributed by atoms with Gasteiger partial charge in [-0.05, 0) is 43.7 Å². The lowest BCUT2D eigenvalue weighted by molar-refractivity contribution is -0.127. The quantitative estimate of drug-likeness (QED) is 0.609. The van der Waals surface area contributed by atoms with Crippen LogP contribution < -0.4 is 0 Å². The maximum absolute atomic E-state index is 12.8. The highest BCUT2D eigenvalue weighted by Crippen LogP contribution is 2.47. The molecule has 0 amide bonds. The first-order valence-electron chi connectivity index (χ1n) is 8.97. The molecule has 1 spiro atoms. The predicted octanol–water partition coefficient (Wildman–Crippen LogP) is 3.39. The molecule has 0 radical (unpaired) electrons. The maximum Gasteiger partial charge on any atom is 0.225 e. The van der Waals surface area contributed by atoms with E-state index in [1.54, 1.807) is 10.9 Å². The largest absolute Gasteiger partial charge is 0.354 e. The molecule has 3 aromatic heterocycles. The molecule has 5 rings (SSSR count). The van der Waals surface area contributed by atoms with Crippen molar-refractivity contribution >= 4 is 28.5 Å². The van der Waals surface area contributed by atoms with Crippen LogP contribution in [-0.4, -0.2) is 30.5 Å². The number of hydrogen-bond donors (Lipinski definition) is 0. The standard InChI is InChI=1S/C18H18ClN5O2/c1-24-9-20-13-12(21-17(19)22-16(13)24)14-10-5-4-8-18(15(10)23-26-14)7-3-2-6-11(18)25/h9H,2-8H2,1H3/t18-/m1/s1. The SMILES string of the molecule is Cn1cnc2c(-c3onc4c3CCC[C@@]43CCCCC3=O)nc(Cl)nc21. The average Bonchev–Trinajstić information content (AvgIpc) is 3.22. The lowest BCUT2D eigenvalue weighted by Crippen LogP contribution is -2.41. The summed E-state index contributed by atoms with van der Waals surface area (Å²) in [7, 11) is 1.86. The van der Waals surface area contributed by atoms with Crippen molar-refractivity contribution < 1.29 is 9.32 Å². The third-order valence-electron chi connectivity index (χ3n) is 5.81. The van der Waals surface area contributed by atoms with Crippen molar-refractivity contribution in [3.05, 3.63) is 22.9 Å². The van der Waals surface area contributed by atoms with E-state index < -0.39 is 5.41 Å². The van der Waals surface area contributed by atoms with Gasteiger partial charge < -0.3 is 9.09 Å². The number of aryl methyl sites for hydroxylation is 1. The van der Waals surface area contributed by atoms with E-state index in [4.69, 9.17) is 16.1 Å². The van der Waals surface area contributed by atoms with E-state index in [1.807, 2.05) is 7.05 Å². The minimum atomic E-state index is -0.479. The number of Topliss-reactive ketones (excluding diaryl/α,β-unsaturated/α-hetero) is 1. The molecule has 0 N–H and O–H groups in total. The van der Waals surface area contributed by atoms with E-state index in [1.165, 1.54) is 0 Å². The third-order valence-corrected chi connectivity index (χ3v) is 5.98. The molecule has 1 saturated carbocycles. The summed E-state index contributed by atoms with van der Waals surface area (Å²) in [6.07, 6.45) is 7.80. The molecular weight excluding hydrogens is 354 g/mol. The van der Waals surface area contributed by atoms with Crippen LogP contribution in [-0.2, 0) is 23.7 Å². The summed E-state index contributed by atoms with van der Waals surface area (Å²) in [6, 6.07) is 0. The van der Waals surface area contributed by atoms with Crippen LogP contribution in [0.4, 0.5) is 0 Å². The monoisotopic (exact) mass is 371 g/mol. The fourth-order valence-electron chi connectivity index (χ4n) is 4.53. The summed E-state index contributed by atoms with van der Waals surface area (Å²) < 4.78 is 7.54. The minimum Gasteiger partial charge on any atom is -0.354 e. The summed E-state index contributed by atoms with van der Waals surface area (Å²) in [5, 5.41) is 4.51. The summed E-state index contributed by atoms with van der Waals surface area (Å²) in [5.41, 5.74) is 3.13. The number of carbonyl (C=O) groups excluding carboxylic acids is 1. The van der Waals surface area contributed by atoms with Crippen molar-refractivity contribution in [3.63, 3.8) is 0 Å². The number of nitrogens with zero attached hydrogens (tertiary/aromatic N) is 5. The molecule has 0 unspecified atom stereocenters. The highest BCUT2D eigenvalue weighted by atomic mass is 35.5. The topological polar surface area (TPSA) is 86.7 Å². The van der Waals surface area contributed by atoms with Gasteiger partial charge >= 0.3 is 0 Å². The molecule has 3 heterocycles. The van der Waals surface area contributed by atoms with Crippen LogP contribution >= 0.6 is 11.6 Å². The molecule has 8 heteroatoms. The Balaban J connectivity index is 1.72. The first kappa shape index (κ1) is 15.9. The predicted molar refractivity (Wildman–Crippen MR) is 94.9 cm³/mol. The Bertz CT molecular complexity index is 1040. The van der Waals surface area contributed by atoms with E-state index in [0.717, 1.165) is 49.8 Å². The zero-order valence-corrected chi connectivity index (χ0v) is 15.2. The Morgan fingerprint density at radius 3 is 2.88 bits per heavy atom. The van der Waals surface area contributed by atoms with E-state index >= 15 is 0 Å². The van der Waals surface area contributed by atoms with E-state index in [9.17, 15) is 4.79 Å². The smallest absolute Gasteiger partial charge is 0.225 e. The molecule has 7 nitrogen and oxygen atoms in total. The van der Waals surface area contributed by atoms with Crippen molar-refractivity contribution in [2.75, 3.05) is 0 Å². The van der Waals surface area contributed by atoms with Gasteiger partial charge in [0, 0.05) is 19.0 Å². The number of aromatic nitrogens is 5. The molecular formula is C18H18ClN5O2. The summed E-state index contributed by atoms with van der Waals surface area (Å²) in [6.45, 7) is 0. The van der Waals surface area contributed by atoms with Gasteiger partial charge in [-0.15, -0.1) is 0 Å². The number of fused-ring (bicyclic) bond motifs is 3. The maximum atomic E-state index is 12.8.